The highest BCUT2D eigenvalue weighted by Crippen LogP contribution is 2.34. The Morgan fingerprint density at radius 1 is 1.31 bits per heavy atom. The number of carbonyl (C=O) groups is 1. The standard InChI is InChI=1S/C22H22N4O2S/c1-28-16-6-7-20-19(10-16)25-22(29-20)26-12-15(13-26)21(27)23-9-8-14-11-24-18-5-3-2-4-17(14)18/h2-7,10-11,15,24H,8-9,12-13H2,1H3,(H,23,27). The van der Waals surface area contributed by atoms with Crippen LogP contribution in [0.1, 0.15) is 5.56 Å². The van der Waals surface area contributed by atoms with Crippen LogP contribution < -0.4 is 15.0 Å². The molecule has 1 aliphatic heterocycles. The summed E-state index contributed by atoms with van der Waals surface area (Å²) in [5, 5.41) is 5.28. The number of fused-ring (bicyclic) bond motifs is 2. The predicted octanol–water partition coefficient (Wildman–Crippen LogP) is 3.58. The first-order chi connectivity index (χ1) is 14.2. The SMILES string of the molecule is COc1ccc2sc(N3CC(C(=O)NCCc4c[nH]c5ccccc45)C3)nc2c1. The second kappa shape index (κ2) is 7.40. The molecule has 2 N–H and O–H groups in total. The van der Waals surface area contributed by atoms with Gasteiger partial charge in [0.1, 0.15) is 5.75 Å². The molecule has 148 valence electrons. The average molecular weight is 407 g/mol. The Morgan fingerprint density at radius 3 is 3.03 bits per heavy atom. The minimum atomic E-state index is 0.0273. The first kappa shape index (κ1) is 18.0. The normalized spacial score (nSPS) is 14.3. The summed E-state index contributed by atoms with van der Waals surface area (Å²) in [7, 11) is 1.66. The van der Waals surface area contributed by atoms with E-state index >= 15 is 0 Å². The van der Waals surface area contributed by atoms with Gasteiger partial charge in [-0.05, 0) is 30.2 Å². The van der Waals surface area contributed by atoms with Gasteiger partial charge < -0.3 is 19.9 Å². The van der Waals surface area contributed by atoms with Crippen molar-refractivity contribution in [2.45, 2.75) is 6.42 Å². The van der Waals surface area contributed by atoms with Crippen LogP contribution in [0, 0.1) is 5.92 Å². The lowest BCUT2D eigenvalue weighted by Crippen LogP contribution is -2.54. The number of aromatic amines is 1. The molecular weight excluding hydrogens is 384 g/mol. The van der Waals surface area contributed by atoms with Gasteiger partial charge in [0, 0.05) is 42.8 Å². The van der Waals surface area contributed by atoms with Crippen LogP contribution in [0.25, 0.3) is 21.1 Å². The quantitative estimate of drug-likeness (QED) is 0.513. The van der Waals surface area contributed by atoms with E-state index in [-0.39, 0.29) is 11.8 Å². The zero-order valence-corrected chi connectivity index (χ0v) is 17.0. The highest BCUT2D eigenvalue weighted by molar-refractivity contribution is 7.22. The number of para-hydroxylation sites is 1. The molecule has 4 aromatic rings. The van der Waals surface area contributed by atoms with E-state index in [0.717, 1.165) is 46.1 Å². The molecule has 1 fully saturated rings. The van der Waals surface area contributed by atoms with E-state index < -0.39 is 0 Å². The molecule has 5 rings (SSSR count). The molecule has 2 aromatic heterocycles. The summed E-state index contributed by atoms with van der Waals surface area (Å²) in [4.78, 5) is 22.6. The molecule has 1 aliphatic rings. The van der Waals surface area contributed by atoms with Crippen molar-refractivity contribution in [1.29, 1.82) is 0 Å². The highest BCUT2D eigenvalue weighted by Gasteiger charge is 2.34. The number of anilines is 1. The van der Waals surface area contributed by atoms with Gasteiger partial charge in [0.05, 0.1) is 23.2 Å². The largest absolute Gasteiger partial charge is 0.497 e. The number of thiazole rings is 1. The number of methoxy groups -OCH3 is 1. The fourth-order valence-electron chi connectivity index (χ4n) is 3.76. The lowest BCUT2D eigenvalue weighted by Gasteiger charge is -2.37. The van der Waals surface area contributed by atoms with E-state index in [1.165, 1.54) is 10.9 Å². The summed E-state index contributed by atoms with van der Waals surface area (Å²) in [6, 6.07) is 14.2. The number of hydrogen-bond donors (Lipinski definition) is 2. The van der Waals surface area contributed by atoms with Crippen molar-refractivity contribution in [2.24, 2.45) is 5.92 Å². The van der Waals surface area contributed by atoms with Gasteiger partial charge in [0.15, 0.2) is 5.13 Å². The Morgan fingerprint density at radius 2 is 2.17 bits per heavy atom. The number of benzene rings is 2. The minimum Gasteiger partial charge on any atom is -0.497 e. The number of ether oxygens (including phenoxy) is 1. The van der Waals surface area contributed by atoms with Crippen LogP contribution in [-0.4, -0.2) is 42.6 Å². The van der Waals surface area contributed by atoms with Gasteiger partial charge in [-0.3, -0.25) is 4.79 Å². The predicted molar refractivity (Wildman–Crippen MR) is 117 cm³/mol. The zero-order chi connectivity index (χ0) is 19.8. The molecule has 0 unspecified atom stereocenters. The Labute approximate surface area is 172 Å². The number of carbonyl (C=O) groups excluding carboxylic acids is 1. The Hall–Kier alpha value is -3.06. The van der Waals surface area contributed by atoms with E-state index in [9.17, 15) is 4.79 Å². The van der Waals surface area contributed by atoms with E-state index in [0.29, 0.717) is 6.54 Å². The van der Waals surface area contributed by atoms with Gasteiger partial charge in [-0.2, -0.15) is 0 Å². The average Bonchev–Trinajstić information content (AvgIpc) is 3.30. The Bertz CT molecular complexity index is 1180. The van der Waals surface area contributed by atoms with Gasteiger partial charge in [-0.1, -0.05) is 29.5 Å². The van der Waals surface area contributed by atoms with Gasteiger partial charge in [-0.25, -0.2) is 4.98 Å². The summed E-state index contributed by atoms with van der Waals surface area (Å²) in [5.74, 6) is 0.966. The van der Waals surface area contributed by atoms with Crippen LogP contribution in [0.2, 0.25) is 0 Å². The summed E-state index contributed by atoms with van der Waals surface area (Å²) in [6.07, 6.45) is 2.86. The smallest absolute Gasteiger partial charge is 0.226 e. The molecule has 3 heterocycles. The highest BCUT2D eigenvalue weighted by atomic mass is 32.1. The number of aromatic nitrogens is 2. The molecule has 0 radical (unpaired) electrons. The second-order valence-corrected chi connectivity index (χ2v) is 8.34. The van der Waals surface area contributed by atoms with Crippen LogP contribution in [0.5, 0.6) is 5.75 Å². The molecule has 1 saturated heterocycles. The van der Waals surface area contributed by atoms with E-state index in [2.05, 4.69) is 27.3 Å². The van der Waals surface area contributed by atoms with Gasteiger partial charge >= 0.3 is 0 Å². The molecule has 0 spiro atoms. The maximum atomic E-state index is 12.5. The Kier molecular flexibility index (Phi) is 4.60. The molecule has 0 atom stereocenters. The van der Waals surface area contributed by atoms with Crippen molar-refractivity contribution in [1.82, 2.24) is 15.3 Å². The first-order valence-electron chi connectivity index (χ1n) is 9.73. The van der Waals surface area contributed by atoms with Crippen LogP contribution in [-0.2, 0) is 11.2 Å². The van der Waals surface area contributed by atoms with Crippen molar-refractivity contribution >= 4 is 43.5 Å². The third-order valence-corrected chi connectivity index (χ3v) is 6.57. The van der Waals surface area contributed by atoms with Crippen LogP contribution in [0.4, 0.5) is 5.13 Å². The van der Waals surface area contributed by atoms with Crippen molar-refractivity contribution in [3.05, 3.63) is 54.2 Å². The maximum absolute atomic E-state index is 12.5. The number of amides is 1. The van der Waals surface area contributed by atoms with Gasteiger partial charge in [0.2, 0.25) is 5.91 Å². The van der Waals surface area contributed by atoms with Crippen molar-refractivity contribution in [2.75, 3.05) is 31.6 Å². The van der Waals surface area contributed by atoms with Crippen molar-refractivity contribution in [3.8, 4) is 5.75 Å². The van der Waals surface area contributed by atoms with Gasteiger partial charge in [-0.15, -0.1) is 0 Å². The molecule has 1 amide bonds. The number of rotatable bonds is 6. The number of nitrogens with zero attached hydrogens (tertiary/aromatic N) is 2. The molecule has 29 heavy (non-hydrogen) atoms. The first-order valence-corrected chi connectivity index (χ1v) is 10.5. The van der Waals surface area contributed by atoms with Crippen molar-refractivity contribution < 1.29 is 9.53 Å². The maximum Gasteiger partial charge on any atom is 0.226 e. The van der Waals surface area contributed by atoms with Crippen LogP contribution in [0.3, 0.4) is 0 Å². The number of nitrogens with one attached hydrogen (secondary N) is 2. The monoisotopic (exact) mass is 406 g/mol. The third-order valence-electron chi connectivity index (χ3n) is 5.47. The van der Waals surface area contributed by atoms with Crippen LogP contribution in [0.15, 0.2) is 48.7 Å². The summed E-state index contributed by atoms with van der Waals surface area (Å²) in [5.41, 5.74) is 3.31. The van der Waals surface area contributed by atoms with E-state index in [1.807, 2.05) is 36.5 Å². The summed E-state index contributed by atoms with van der Waals surface area (Å²) in [6.45, 7) is 2.09. The third kappa shape index (κ3) is 3.42. The molecule has 7 heteroatoms. The van der Waals surface area contributed by atoms with E-state index in [4.69, 9.17) is 9.72 Å². The lowest BCUT2D eigenvalue weighted by molar-refractivity contribution is -0.125. The number of hydrogen-bond acceptors (Lipinski definition) is 5. The fraction of sp³-hybridized carbons (Fsp3) is 0.273. The molecular formula is C22H22N4O2S. The molecule has 0 aliphatic carbocycles. The molecule has 0 saturated carbocycles. The Balaban J connectivity index is 1.14. The zero-order valence-electron chi connectivity index (χ0n) is 16.1. The lowest BCUT2D eigenvalue weighted by atomic mass is 10.00. The van der Waals surface area contributed by atoms with E-state index in [1.54, 1.807) is 18.4 Å². The summed E-state index contributed by atoms with van der Waals surface area (Å²) >= 11 is 1.66. The number of H-pyrrole nitrogens is 1. The molecule has 6 nitrogen and oxygen atoms in total. The van der Waals surface area contributed by atoms with Crippen molar-refractivity contribution in [3.63, 3.8) is 0 Å². The second-order valence-electron chi connectivity index (χ2n) is 7.33. The minimum absolute atomic E-state index is 0.0273. The topological polar surface area (TPSA) is 70.2 Å². The molecule has 0 bridgehead atoms. The summed E-state index contributed by atoms with van der Waals surface area (Å²) < 4.78 is 6.40. The fourth-order valence-corrected chi connectivity index (χ4v) is 4.73. The van der Waals surface area contributed by atoms with Crippen LogP contribution >= 0.6 is 11.3 Å². The molecule has 2 aromatic carbocycles. The van der Waals surface area contributed by atoms with Gasteiger partial charge in [0.25, 0.3) is 0 Å².